The Hall–Kier alpha value is -12.0. The van der Waals surface area contributed by atoms with Crippen molar-refractivity contribution in [3.63, 3.8) is 0 Å². The number of phenolic OH excluding ortho intramolecular Hbond substituents is 4. The van der Waals surface area contributed by atoms with Gasteiger partial charge in [-0.15, -0.1) is 0 Å². The summed E-state index contributed by atoms with van der Waals surface area (Å²) in [6.07, 6.45) is -13.7. The van der Waals surface area contributed by atoms with E-state index in [1.807, 2.05) is 0 Å². The summed E-state index contributed by atoms with van der Waals surface area (Å²) in [4.78, 5) is 141. The van der Waals surface area contributed by atoms with Gasteiger partial charge in [-0.2, -0.15) is 0 Å². The maximum atomic E-state index is 16.9. The number of ether oxygens (including phenoxy) is 7. The highest BCUT2D eigenvalue weighted by molar-refractivity contribution is 6.33. The molecule has 0 radical (unpaired) electrons. The SMILES string of the molecule is CCCCCCCCCCC(=O)N[C@H]1[C@H](Oc2c3cc4cc2Oc2ccc(cc2Cl)[C@@H](O)[C@@H]2NC(=O)[C@H](NC(=O)[C@@H]4NC(=O)[C@H]4NC(=O)[C@@H](Cc5ccc(cc5)O3)NC(=O)[C@H](NC)c3ccc(O)c(c3)Oc3cc(O)c(Cl)c4c3)c3ccc(O)c(c3)-c3c(O[C@H]4O[C@H](CO)[C@@H](O)[C@H](O)[C@@H]4O)cc(O)cc3[C@H](C(=O)NCCCN(CCCN)CCCN)NC2=O)O[C@H](C(=O)O)[C@@H](O)[C@@H]1O. The van der Waals surface area contributed by atoms with Gasteiger partial charge in [0.1, 0.15) is 131 Å². The van der Waals surface area contributed by atoms with E-state index in [2.05, 4.69) is 59.7 Å². The average Bonchev–Trinajstić information content (AvgIpc) is 0.751. The van der Waals surface area contributed by atoms with Crippen LogP contribution in [0.4, 0.5) is 0 Å². The molecule has 8 amide bonds. The zero-order valence-electron chi connectivity index (χ0n) is 72.3. The van der Waals surface area contributed by atoms with Crippen LogP contribution < -0.4 is 83.0 Å². The number of carbonyl (C=O) groups is 9. The van der Waals surface area contributed by atoms with E-state index in [4.69, 9.17) is 67.8 Å². The van der Waals surface area contributed by atoms with Crippen molar-refractivity contribution < 1.29 is 138 Å². The number of carboxylic acids is 1. The van der Waals surface area contributed by atoms with Crippen molar-refractivity contribution in [2.75, 3.05) is 52.9 Å². The molecule has 17 bridgehead atoms. The quantitative estimate of drug-likeness (QED) is 0.0313. The van der Waals surface area contributed by atoms with Crippen LogP contribution >= 0.6 is 23.2 Å². The van der Waals surface area contributed by atoms with Crippen LogP contribution in [-0.2, 0) is 59.0 Å². The molecule has 0 aromatic heterocycles. The van der Waals surface area contributed by atoms with Crippen LogP contribution in [0.3, 0.4) is 0 Å². The lowest BCUT2D eigenvalue weighted by molar-refractivity contribution is -0.277. The van der Waals surface area contributed by atoms with Gasteiger partial charge in [0.25, 0.3) is 0 Å². The molecule has 0 saturated carbocycles. The first-order valence-electron chi connectivity index (χ1n) is 43.7. The number of nitrogens with zero attached hydrogens (tertiary/aromatic N) is 1. The molecule has 0 spiro atoms. The monoisotopic (exact) mass is 1890 g/mol. The lowest BCUT2D eigenvalue weighted by Gasteiger charge is -2.41. The zero-order chi connectivity index (χ0) is 95.3. The predicted molar refractivity (Wildman–Crippen MR) is 473 cm³/mol. The number of phenols is 4. The van der Waals surface area contributed by atoms with Crippen LogP contribution in [0, 0.1) is 0 Å². The molecule has 7 aromatic rings. The first kappa shape index (κ1) is 98.5. The number of nitrogens with one attached hydrogen (secondary N) is 9. The lowest BCUT2D eigenvalue weighted by Crippen LogP contribution is -2.66. The van der Waals surface area contributed by atoms with Crippen LogP contribution in [0.15, 0.2) is 115 Å². The average molecular weight is 1890 g/mol. The van der Waals surface area contributed by atoms with E-state index in [1.54, 1.807) is 0 Å². The molecule has 8 heterocycles. The normalized spacial score (nSPS) is 25.3. The van der Waals surface area contributed by atoms with E-state index in [0.29, 0.717) is 64.0 Å². The van der Waals surface area contributed by atoms with E-state index >= 15 is 28.8 Å². The summed E-state index contributed by atoms with van der Waals surface area (Å²) in [6, 6.07) is 5.56. The van der Waals surface area contributed by atoms with E-state index in [9.17, 15) is 75.7 Å². The molecule has 18 atom stereocenters. The number of carboxylic acid groups (broad SMARTS) is 1. The minimum absolute atomic E-state index is 0.132. The van der Waals surface area contributed by atoms with Gasteiger partial charge < -0.3 is 159 Å². The lowest BCUT2D eigenvalue weighted by atomic mass is 9.89. The number of aromatic hydroxyl groups is 4. The number of aliphatic hydroxyl groups excluding tert-OH is 7. The van der Waals surface area contributed by atoms with Crippen molar-refractivity contribution in [1.29, 1.82) is 0 Å². The third-order valence-corrected chi connectivity index (χ3v) is 24.5. The van der Waals surface area contributed by atoms with Gasteiger partial charge >= 0.3 is 5.97 Å². The number of halogens is 2. The van der Waals surface area contributed by atoms with Crippen molar-refractivity contribution in [2.45, 2.75) is 200 Å². The Labute approximate surface area is 771 Å². The zero-order valence-corrected chi connectivity index (χ0v) is 73.8. The summed E-state index contributed by atoms with van der Waals surface area (Å²) in [5.41, 5.74) is 9.01. The number of hydrogen-bond acceptors (Lipinski definition) is 31. The number of aliphatic carboxylic acids is 1. The Morgan fingerprint density at radius 1 is 0.541 bits per heavy atom. The van der Waals surface area contributed by atoms with Crippen LogP contribution in [0.25, 0.3) is 11.1 Å². The molecular formula is C91H108Cl2N12O28. The Morgan fingerprint density at radius 2 is 1.17 bits per heavy atom. The first-order valence-corrected chi connectivity index (χ1v) is 44.5. The first-order chi connectivity index (χ1) is 63.8. The summed E-state index contributed by atoms with van der Waals surface area (Å²) >= 11 is 14.4. The number of likely N-dealkylation sites (N-methyl/N-ethyl adjacent to an activating group) is 1. The third kappa shape index (κ3) is 22.9. The molecule has 0 aliphatic carbocycles. The van der Waals surface area contributed by atoms with Crippen LogP contribution in [-0.4, -0.2) is 246 Å². The summed E-state index contributed by atoms with van der Waals surface area (Å²) in [5, 5.41) is 162. The number of nitrogens with two attached hydrogens (primary N) is 2. The Kier molecular flexibility index (Phi) is 32.8. The molecule has 40 nitrogen and oxygen atoms in total. The molecule has 25 N–H and O–H groups in total. The van der Waals surface area contributed by atoms with Gasteiger partial charge in [-0.25, -0.2) is 4.79 Å². The second kappa shape index (κ2) is 44.3. The van der Waals surface area contributed by atoms with Crippen molar-refractivity contribution >= 4 is 76.4 Å². The molecule has 8 aliphatic heterocycles. The summed E-state index contributed by atoms with van der Waals surface area (Å²) in [5.74, 6) is -18.1. The number of hydrogen-bond donors (Lipinski definition) is 23. The molecule has 714 valence electrons. The number of amides is 8. The highest BCUT2D eigenvalue weighted by Gasteiger charge is 2.52. The standard InChI is InChI=1S/C91H108Cl2N12O28/c1-3-4-5-6-7-8-9-10-14-64(111)99-73-76(114)78(116)81(89(125)126)133-90(73)132-80-61-35-46-36-62(80)129-58-24-19-45(33-53(58)92)74(112)72-88(124)103-70(83(119)97-27-13-30-105(28-11-25-94)29-12-26-95)51-37-47(107)38-60(130-91-79(117)77(115)75(113)63(41-106)131-91)65(51)50-32-43(17-22-55(50)108)68(85(121)104-72)100-86(122)69(46)101-87(123)71-52-39-49(40-57(110)66(52)93)128-59-34-44(18-23-56(59)109)67(96-2)84(120)98-54(82(118)102-71)31-42-15-20-48(127-61)21-16-42/h15-24,32-40,54,63,67-79,81,90-91,96,106-110,112-117H,3-14,25-31,41,94-95H2,1-2H3,(H,97,119)(H,98,120)(H,99,111)(H,100,122)(H,101,123)(H,102,118)(H,103,124)(H,104,121)(H,125,126)/t54-,63-,67-,68-,69-,70-,71+,72+,73-,74-,75-,76-,77+,78+,79+,81+,90-,91+/m1/s1. The fourth-order valence-corrected chi connectivity index (χ4v) is 17.1. The van der Waals surface area contributed by atoms with Crippen molar-refractivity contribution in [3.8, 4) is 80.1 Å². The molecule has 42 heteroatoms. The maximum absolute atomic E-state index is 16.9. The van der Waals surface area contributed by atoms with Crippen molar-refractivity contribution in [1.82, 2.24) is 52.8 Å². The smallest absolute Gasteiger partial charge is 0.335 e. The molecule has 7 aromatic carbocycles. The second-order valence-electron chi connectivity index (χ2n) is 33.2. The number of carbonyl (C=O) groups excluding carboxylic acids is 8. The minimum atomic E-state index is -2.46. The van der Waals surface area contributed by atoms with Crippen LogP contribution in [0.1, 0.15) is 159 Å². The summed E-state index contributed by atoms with van der Waals surface area (Å²) in [7, 11) is 1.43. The van der Waals surface area contributed by atoms with E-state index in [1.165, 1.54) is 49.5 Å². The van der Waals surface area contributed by atoms with Crippen molar-refractivity contribution in [3.05, 3.63) is 164 Å². The Morgan fingerprint density at radius 3 is 1.86 bits per heavy atom. The summed E-state index contributed by atoms with van der Waals surface area (Å²) in [6.45, 7) is 3.20. The second-order valence-corrected chi connectivity index (χ2v) is 34.0. The molecular weight excluding hydrogens is 1780 g/mol. The number of benzene rings is 7. The van der Waals surface area contributed by atoms with E-state index in [0.717, 1.165) is 111 Å². The highest BCUT2D eigenvalue weighted by Crippen LogP contribution is 2.51. The fraction of sp³-hybridized carbons (Fsp3) is 0.440. The van der Waals surface area contributed by atoms with Crippen LogP contribution in [0.5, 0.6) is 69.0 Å². The summed E-state index contributed by atoms with van der Waals surface area (Å²) < 4.78 is 44.6. The molecule has 133 heavy (non-hydrogen) atoms. The minimum Gasteiger partial charge on any atom is -0.508 e. The Balaban J connectivity index is 1.04. The van der Waals surface area contributed by atoms with E-state index < -0.39 is 271 Å². The number of aliphatic hydroxyl groups is 7. The maximum Gasteiger partial charge on any atom is 0.335 e. The van der Waals surface area contributed by atoms with Crippen molar-refractivity contribution in [2.24, 2.45) is 11.5 Å². The van der Waals surface area contributed by atoms with E-state index in [-0.39, 0.29) is 47.8 Å². The van der Waals surface area contributed by atoms with Gasteiger partial charge in [0, 0.05) is 48.2 Å². The van der Waals surface area contributed by atoms with Gasteiger partial charge in [0.05, 0.1) is 16.7 Å². The van der Waals surface area contributed by atoms with Gasteiger partial charge in [-0.05, 0) is 172 Å². The van der Waals surface area contributed by atoms with Crippen LogP contribution in [0.2, 0.25) is 10.0 Å². The third-order valence-electron chi connectivity index (χ3n) is 23.8. The number of unbranched alkanes of at least 4 members (excludes halogenated alkanes) is 7. The molecule has 2 saturated heterocycles. The molecule has 2 fully saturated rings. The Bertz CT molecular complexity index is 5420. The largest absolute Gasteiger partial charge is 0.508 e. The predicted octanol–water partition coefficient (Wildman–Crippen LogP) is 3.36. The molecule has 0 unspecified atom stereocenters. The highest BCUT2D eigenvalue weighted by atomic mass is 35.5. The topological polar surface area (TPSA) is 625 Å². The molecule has 8 aliphatic rings. The van der Waals surface area contributed by atoms with Gasteiger partial charge in [-0.3, -0.25) is 38.4 Å². The van der Waals surface area contributed by atoms with Gasteiger partial charge in [0.2, 0.25) is 65.6 Å². The van der Waals surface area contributed by atoms with Gasteiger partial charge in [-0.1, -0.05) is 105 Å². The number of fused-ring (bicyclic) bond motifs is 14. The van der Waals surface area contributed by atoms with Gasteiger partial charge in [0.15, 0.2) is 29.1 Å². The molecule has 15 rings (SSSR count). The number of rotatable bonds is 28. The fourth-order valence-electron chi connectivity index (χ4n) is 16.7.